The van der Waals surface area contributed by atoms with Crippen molar-refractivity contribution in [2.45, 2.75) is 62.6 Å². The molecule has 2 heterocycles. The van der Waals surface area contributed by atoms with E-state index >= 15 is 0 Å². The number of aliphatic imine (C=N–C) groups is 1. The number of rotatable bonds is 3. The molecule has 3 N–H and O–H groups in total. The van der Waals surface area contributed by atoms with Gasteiger partial charge < -0.3 is 25.0 Å². The normalized spacial score (nSPS) is 37.9. The quantitative estimate of drug-likeness (QED) is 0.684. The minimum absolute atomic E-state index is 0.300. The molecule has 3 aliphatic rings. The van der Waals surface area contributed by atoms with E-state index in [0.717, 1.165) is 5.57 Å². The van der Waals surface area contributed by atoms with Gasteiger partial charge in [0.15, 0.2) is 0 Å². The first-order chi connectivity index (χ1) is 10.2. The van der Waals surface area contributed by atoms with Crippen LogP contribution in [0.15, 0.2) is 16.8 Å². The van der Waals surface area contributed by atoms with Crippen molar-refractivity contribution >= 4 is 6.21 Å². The molecule has 1 saturated carbocycles. The fourth-order valence-electron chi connectivity index (χ4n) is 3.46. The fraction of sp³-hybridized carbons (Fsp3) is 0.800. The Bertz CT molecular complexity index is 420. The van der Waals surface area contributed by atoms with Crippen molar-refractivity contribution in [1.29, 1.82) is 0 Å². The monoisotopic (exact) mass is 296 g/mol. The Hall–Kier alpha value is -0.950. The summed E-state index contributed by atoms with van der Waals surface area (Å²) in [5.74, 6) is 0. The summed E-state index contributed by atoms with van der Waals surface area (Å²) in [6.45, 7) is 0.342. The second-order valence-corrected chi connectivity index (χ2v) is 6.15. The lowest BCUT2D eigenvalue weighted by molar-refractivity contribution is -0.0133. The lowest BCUT2D eigenvalue weighted by Gasteiger charge is -2.35. The van der Waals surface area contributed by atoms with Gasteiger partial charge in [0.1, 0.15) is 31.1 Å². The van der Waals surface area contributed by atoms with Crippen LogP contribution in [-0.4, -0.2) is 70.2 Å². The Labute approximate surface area is 124 Å². The summed E-state index contributed by atoms with van der Waals surface area (Å²) < 4.78 is 5.57. The Kier molecular flexibility index (Phi) is 4.59. The summed E-state index contributed by atoms with van der Waals surface area (Å²) in [5, 5.41) is 29.1. The summed E-state index contributed by atoms with van der Waals surface area (Å²) in [6, 6.07) is 0.503. The van der Waals surface area contributed by atoms with Gasteiger partial charge in [0.25, 0.3) is 0 Å². The topological polar surface area (TPSA) is 85.5 Å². The zero-order chi connectivity index (χ0) is 14.8. The van der Waals surface area contributed by atoms with Crippen LogP contribution in [0.4, 0.5) is 0 Å². The van der Waals surface area contributed by atoms with Gasteiger partial charge in [-0.3, -0.25) is 4.99 Å². The van der Waals surface area contributed by atoms with Crippen molar-refractivity contribution < 1.29 is 20.1 Å². The molecule has 6 nitrogen and oxygen atoms in total. The van der Waals surface area contributed by atoms with Crippen molar-refractivity contribution in [1.82, 2.24) is 4.90 Å². The minimum Gasteiger partial charge on any atom is -0.394 e. The largest absolute Gasteiger partial charge is 0.394 e. The van der Waals surface area contributed by atoms with Crippen LogP contribution in [0.2, 0.25) is 0 Å². The molecule has 118 valence electrons. The van der Waals surface area contributed by atoms with Crippen molar-refractivity contribution in [2.24, 2.45) is 4.99 Å². The zero-order valence-electron chi connectivity index (χ0n) is 12.1. The van der Waals surface area contributed by atoms with Crippen molar-refractivity contribution in [2.75, 3.05) is 13.3 Å². The number of hydrogen-bond acceptors (Lipinski definition) is 6. The minimum atomic E-state index is -1.06. The van der Waals surface area contributed by atoms with Crippen LogP contribution in [0.1, 0.15) is 32.1 Å². The van der Waals surface area contributed by atoms with E-state index < -0.39 is 24.4 Å². The molecule has 0 amide bonds. The molecular weight excluding hydrogens is 272 g/mol. The fourth-order valence-corrected chi connectivity index (χ4v) is 3.46. The highest BCUT2D eigenvalue weighted by Gasteiger charge is 2.44. The average molecular weight is 296 g/mol. The van der Waals surface area contributed by atoms with Crippen LogP contribution < -0.4 is 0 Å². The number of hydrogen-bond donors (Lipinski definition) is 3. The van der Waals surface area contributed by atoms with Crippen LogP contribution in [0.25, 0.3) is 0 Å². The van der Waals surface area contributed by atoms with Gasteiger partial charge in [0, 0.05) is 24.0 Å². The molecule has 0 bridgehead atoms. The van der Waals surface area contributed by atoms with Crippen LogP contribution >= 0.6 is 0 Å². The van der Waals surface area contributed by atoms with Gasteiger partial charge >= 0.3 is 0 Å². The van der Waals surface area contributed by atoms with Crippen molar-refractivity contribution in [3.63, 3.8) is 0 Å². The number of aliphatic hydroxyl groups is 3. The van der Waals surface area contributed by atoms with E-state index in [1.54, 1.807) is 6.21 Å². The van der Waals surface area contributed by atoms with E-state index in [1.165, 1.54) is 32.1 Å². The molecule has 3 rings (SSSR count). The Balaban J connectivity index is 1.72. The first kappa shape index (κ1) is 15.0. The molecule has 0 aromatic heterocycles. The predicted molar refractivity (Wildman–Crippen MR) is 77.9 cm³/mol. The summed E-state index contributed by atoms with van der Waals surface area (Å²) in [7, 11) is 0. The molecule has 4 atom stereocenters. The molecule has 0 aromatic rings. The number of aliphatic hydroxyl groups excluding tert-OH is 3. The first-order valence-electron chi connectivity index (χ1n) is 7.80. The van der Waals surface area contributed by atoms with Crippen molar-refractivity contribution in [3.05, 3.63) is 11.8 Å². The number of ether oxygens (including phenoxy) is 1. The third-order valence-corrected chi connectivity index (χ3v) is 4.71. The average Bonchev–Trinajstić information content (AvgIpc) is 2.84. The van der Waals surface area contributed by atoms with E-state index in [4.69, 9.17) is 9.84 Å². The maximum atomic E-state index is 10.1. The molecule has 1 saturated heterocycles. The highest BCUT2D eigenvalue weighted by molar-refractivity contribution is 5.80. The van der Waals surface area contributed by atoms with Crippen molar-refractivity contribution in [3.8, 4) is 0 Å². The van der Waals surface area contributed by atoms with Gasteiger partial charge in [-0.25, -0.2) is 0 Å². The third-order valence-electron chi connectivity index (χ3n) is 4.71. The maximum Gasteiger partial charge on any atom is 0.114 e. The molecule has 0 unspecified atom stereocenters. The first-order valence-corrected chi connectivity index (χ1v) is 7.80. The van der Waals surface area contributed by atoms with Crippen LogP contribution in [0.3, 0.4) is 0 Å². The van der Waals surface area contributed by atoms with Gasteiger partial charge in [-0.15, -0.1) is 0 Å². The summed E-state index contributed by atoms with van der Waals surface area (Å²) in [6.07, 6.45) is 6.44. The lowest BCUT2D eigenvalue weighted by Crippen LogP contribution is -2.38. The highest BCUT2D eigenvalue weighted by atomic mass is 16.6. The zero-order valence-corrected chi connectivity index (χ0v) is 12.1. The number of nitrogens with zero attached hydrogens (tertiary/aromatic N) is 2. The summed E-state index contributed by atoms with van der Waals surface area (Å²) in [5.41, 5.74) is 0.773. The molecule has 0 aromatic carbocycles. The van der Waals surface area contributed by atoms with Crippen LogP contribution in [0.5, 0.6) is 0 Å². The molecule has 2 fully saturated rings. The smallest absolute Gasteiger partial charge is 0.114 e. The van der Waals surface area contributed by atoms with E-state index in [9.17, 15) is 10.2 Å². The summed E-state index contributed by atoms with van der Waals surface area (Å²) >= 11 is 0. The Morgan fingerprint density at radius 1 is 1.19 bits per heavy atom. The van der Waals surface area contributed by atoms with E-state index in [2.05, 4.69) is 9.89 Å². The molecule has 6 heteroatoms. The van der Waals surface area contributed by atoms with Gasteiger partial charge in [-0.1, -0.05) is 19.3 Å². The lowest BCUT2D eigenvalue weighted by atomic mass is 9.94. The highest BCUT2D eigenvalue weighted by Crippen LogP contribution is 2.29. The van der Waals surface area contributed by atoms with Gasteiger partial charge in [0.2, 0.25) is 0 Å². The maximum absolute atomic E-state index is 10.1. The van der Waals surface area contributed by atoms with E-state index in [1.807, 2.05) is 6.20 Å². The summed E-state index contributed by atoms with van der Waals surface area (Å²) in [4.78, 5) is 6.58. The molecular formula is C15H24N2O4. The standard InChI is InChI=1S/C15H24N2O4/c18-8-12-13(19)14(20)15(21-12)10-6-16-9-17(7-10)11-4-2-1-3-5-11/h6-7,11-15,18-20H,1-5,8-9H2/t12-,13-,14-,15+/m1/s1. The van der Waals surface area contributed by atoms with E-state index in [0.29, 0.717) is 12.7 Å². The van der Waals surface area contributed by atoms with E-state index in [-0.39, 0.29) is 6.61 Å². The second-order valence-electron chi connectivity index (χ2n) is 6.15. The third kappa shape index (κ3) is 2.99. The molecule has 21 heavy (non-hydrogen) atoms. The van der Waals surface area contributed by atoms with Gasteiger partial charge in [-0.2, -0.15) is 0 Å². The van der Waals surface area contributed by atoms with Gasteiger partial charge in [-0.05, 0) is 12.8 Å². The second kappa shape index (κ2) is 6.44. The molecule has 0 radical (unpaired) electrons. The SMILES string of the molecule is OC[C@H]1O[C@@H](C2=CN(C3CCCCC3)CN=C2)[C@H](O)[C@@H]1O. The van der Waals surface area contributed by atoms with Gasteiger partial charge in [0.05, 0.1) is 6.61 Å². The van der Waals surface area contributed by atoms with Crippen LogP contribution in [0, 0.1) is 0 Å². The molecule has 1 aliphatic carbocycles. The predicted octanol–water partition coefficient (Wildman–Crippen LogP) is 0.0284. The molecule has 0 spiro atoms. The van der Waals surface area contributed by atoms with Crippen LogP contribution in [-0.2, 0) is 4.74 Å². The Morgan fingerprint density at radius 2 is 1.95 bits per heavy atom. The Morgan fingerprint density at radius 3 is 2.62 bits per heavy atom. The molecule has 2 aliphatic heterocycles.